The second kappa shape index (κ2) is 7.66. The molecule has 0 saturated carbocycles. The lowest BCUT2D eigenvalue weighted by molar-refractivity contribution is -0.127. The molecule has 1 saturated heterocycles. The lowest BCUT2D eigenvalue weighted by Gasteiger charge is -2.35. The molecule has 0 bridgehead atoms. The lowest BCUT2D eigenvalue weighted by atomic mass is 10.0. The maximum Gasteiger partial charge on any atom is 0.410 e. The summed E-state index contributed by atoms with van der Waals surface area (Å²) in [5, 5.41) is 2.93. The Kier molecular flexibility index (Phi) is 6.08. The zero-order valence-corrected chi connectivity index (χ0v) is 16.1. The van der Waals surface area contributed by atoms with Crippen LogP contribution in [0.2, 0.25) is 0 Å². The van der Waals surface area contributed by atoms with Crippen molar-refractivity contribution in [2.24, 2.45) is 0 Å². The Hall–Kier alpha value is -1.08. The molecule has 1 aromatic heterocycles. The third-order valence-corrected chi connectivity index (χ3v) is 5.12. The smallest absolute Gasteiger partial charge is 0.410 e. The second-order valence-electron chi connectivity index (χ2n) is 6.61. The van der Waals surface area contributed by atoms with Crippen molar-refractivity contribution in [2.45, 2.75) is 58.2 Å². The van der Waals surface area contributed by atoms with Crippen molar-refractivity contribution in [3.8, 4) is 0 Å². The summed E-state index contributed by atoms with van der Waals surface area (Å²) in [6.45, 7) is 6.54. The van der Waals surface area contributed by atoms with Gasteiger partial charge in [0.25, 0.3) is 0 Å². The number of piperidine rings is 1. The van der Waals surface area contributed by atoms with Gasteiger partial charge in [0.05, 0.1) is 10.3 Å². The topological polar surface area (TPSA) is 58.6 Å². The van der Waals surface area contributed by atoms with E-state index < -0.39 is 17.7 Å². The minimum atomic E-state index is -0.557. The van der Waals surface area contributed by atoms with Crippen LogP contribution in [0.4, 0.5) is 4.79 Å². The van der Waals surface area contributed by atoms with Crippen LogP contribution < -0.4 is 5.32 Å². The van der Waals surface area contributed by atoms with E-state index in [0.717, 1.165) is 21.5 Å². The average molecular weight is 403 g/mol. The number of ether oxygens (including phenoxy) is 1. The highest BCUT2D eigenvalue weighted by molar-refractivity contribution is 9.11. The minimum absolute atomic E-state index is 0.111. The minimum Gasteiger partial charge on any atom is -0.444 e. The first-order valence-electron chi connectivity index (χ1n) is 7.78. The van der Waals surface area contributed by atoms with Crippen molar-refractivity contribution < 1.29 is 14.3 Å². The highest BCUT2D eigenvalue weighted by Gasteiger charge is 2.34. The Labute approximate surface area is 149 Å². The first kappa shape index (κ1) is 18.3. The zero-order valence-electron chi connectivity index (χ0n) is 13.7. The summed E-state index contributed by atoms with van der Waals surface area (Å²) in [6.07, 6.45) is 2.12. The monoisotopic (exact) mass is 402 g/mol. The Morgan fingerprint density at radius 2 is 2.13 bits per heavy atom. The molecule has 1 aliphatic rings. The van der Waals surface area contributed by atoms with Gasteiger partial charge in [-0.25, -0.2) is 4.79 Å². The van der Waals surface area contributed by atoms with Crippen LogP contribution in [0.15, 0.2) is 15.9 Å². The molecule has 1 atom stereocenters. The summed E-state index contributed by atoms with van der Waals surface area (Å²) in [4.78, 5) is 27.5. The van der Waals surface area contributed by atoms with Gasteiger partial charge in [-0.05, 0) is 68.1 Å². The molecule has 1 unspecified atom stereocenters. The average Bonchev–Trinajstić information content (AvgIpc) is 2.88. The number of hydrogen-bond donors (Lipinski definition) is 1. The van der Waals surface area contributed by atoms with Gasteiger partial charge >= 0.3 is 6.09 Å². The van der Waals surface area contributed by atoms with Crippen LogP contribution in [0.1, 0.15) is 44.9 Å². The van der Waals surface area contributed by atoms with Gasteiger partial charge < -0.3 is 10.1 Å². The number of likely N-dealkylation sites (tertiary alicyclic amines) is 1. The largest absolute Gasteiger partial charge is 0.444 e. The predicted molar refractivity (Wildman–Crippen MR) is 94.4 cm³/mol. The molecule has 2 rings (SSSR count). The standard InChI is InChI=1S/C16H23BrN2O3S/c1-16(2,3)22-15(21)19-9-5-4-6-12(19)14(20)18-10-11-7-8-13(17)23-11/h7-8,12H,4-6,9-10H2,1-3H3,(H,18,20). The maximum absolute atomic E-state index is 12.5. The van der Waals surface area contributed by atoms with Gasteiger partial charge in [0.15, 0.2) is 0 Å². The van der Waals surface area contributed by atoms with Gasteiger partial charge in [-0.2, -0.15) is 0 Å². The fourth-order valence-electron chi connectivity index (χ4n) is 2.48. The van der Waals surface area contributed by atoms with Gasteiger partial charge in [0.2, 0.25) is 5.91 Å². The SMILES string of the molecule is CC(C)(C)OC(=O)N1CCCCC1C(=O)NCc1ccc(Br)s1. The van der Waals surface area contributed by atoms with Crippen molar-refractivity contribution in [1.29, 1.82) is 0 Å². The Morgan fingerprint density at radius 3 is 2.74 bits per heavy atom. The fourth-order valence-corrected chi connectivity index (χ4v) is 3.90. The number of nitrogens with one attached hydrogen (secondary N) is 1. The van der Waals surface area contributed by atoms with Crippen LogP contribution in [0.3, 0.4) is 0 Å². The summed E-state index contributed by atoms with van der Waals surface area (Å²) in [5.74, 6) is -0.111. The van der Waals surface area contributed by atoms with Gasteiger partial charge in [0.1, 0.15) is 11.6 Å². The van der Waals surface area contributed by atoms with E-state index in [9.17, 15) is 9.59 Å². The number of carbonyl (C=O) groups is 2. The third-order valence-electron chi connectivity index (χ3n) is 3.50. The van der Waals surface area contributed by atoms with Crippen molar-refractivity contribution in [3.05, 3.63) is 20.8 Å². The molecule has 1 N–H and O–H groups in total. The van der Waals surface area contributed by atoms with Crippen LogP contribution in [-0.2, 0) is 16.1 Å². The molecule has 0 aromatic carbocycles. The number of hydrogen-bond acceptors (Lipinski definition) is 4. The molecule has 2 amide bonds. The Balaban J connectivity index is 1.96. The highest BCUT2D eigenvalue weighted by Crippen LogP contribution is 2.23. The van der Waals surface area contributed by atoms with Crippen LogP contribution in [0.25, 0.3) is 0 Å². The fraction of sp³-hybridized carbons (Fsp3) is 0.625. The van der Waals surface area contributed by atoms with E-state index in [2.05, 4.69) is 21.2 Å². The molecular weight excluding hydrogens is 380 g/mol. The Bertz CT molecular complexity index is 568. The quantitative estimate of drug-likeness (QED) is 0.833. The van der Waals surface area contributed by atoms with Crippen LogP contribution in [0.5, 0.6) is 0 Å². The molecule has 2 heterocycles. The van der Waals surface area contributed by atoms with E-state index >= 15 is 0 Å². The summed E-state index contributed by atoms with van der Waals surface area (Å²) in [6, 6.07) is 3.49. The van der Waals surface area contributed by atoms with E-state index in [1.54, 1.807) is 16.2 Å². The van der Waals surface area contributed by atoms with Crippen molar-refractivity contribution in [1.82, 2.24) is 10.2 Å². The highest BCUT2D eigenvalue weighted by atomic mass is 79.9. The van der Waals surface area contributed by atoms with E-state index in [0.29, 0.717) is 19.5 Å². The number of thiophene rings is 1. The van der Waals surface area contributed by atoms with Crippen LogP contribution in [-0.4, -0.2) is 35.1 Å². The molecule has 0 spiro atoms. The van der Waals surface area contributed by atoms with Gasteiger partial charge in [-0.1, -0.05) is 0 Å². The summed E-state index contributed by atoms with van der Waals surface area (Å²) in [5.41, 5.74) is -0.557. The predicted octanol–water partition coefficient (Wildman–Crippen LogP) is 3.92. The van der Waals surface area contributed by atoms with Crippen molar-refractivity contribution in [2.75, 3.05) is 6.54 Å². The molecule has 128 valence electrons. The first-order chi connectivity index (χ1) is 10.8. The Morgan fingerprint density at radius 1 is 1.39 bits per heavy atom. The van der Waals surface area contributed by atoms with Crippen LogP contribution >= 0.6 is 27.3 Å². The van der Waals surface area contributed by atoms with E-state index in [-0.39, 0.29) is 5.91 Å². The van der Waals surface area contributed by atoms with Gasteiger partial charge in [-0.15, -0.1) is 11.3 Å². The summed E-state index contributed by atoms with van der Waals surface area (Å²) < 4.78 is 6.46. The van der Waals surface area contributed by atoms with Crippen molar-refractivity contribution >= 4 is 39.3 Å². The molecule has 0 aliphatic carbocycles. The number of halogens is 1. The van der Waals surface area contributed by atoms with Crippen LogP contribution in [0, 0.1) is 0 Å². The normalized spacial score (nSPS) is 18.6. The lowest BCUT2D eigenvalue weighted by Crippen LogP contribution is -2.52. The molecule has 23 heavy (non-hydrogen) atoms. The molecule has 7 heteroatoms. The number of nitrogens with zero attached hydrogens (tertiary/aromatic N) is 1. The maximum atomic E-state index is 12.5. The number of amides is 2. The van der Waals surface area contributed by atoms with E-state index in [4.69, 9.17) is 4.74 Å². The number of rotatable bonds is 3. The first-order valence-corrected chi connectivity index (χ1v) is 9.39. The molecule has 1 aromatic rings. The van der Waals surface area contributed by atoms with Crippen molar-refractivity contribution in [3.63, 3.8) is 0 Å². The van der Waals surface area contributed by atoms with E-state index in [1.165, 1.54) is 0 Å². The number of carbonyl (C=O) groups excluding carboxylic acids is 2. The summed E-state index contributed by atoms with van der Waals surface area (Å²) in [7, 11) is 0. The summed E-state index contributed by atoms with van der Waals surface area (Å²) >= 11 is 5.00. The molecule has 1 aliphatic heterocycles. The zero-order chi connectivity index (χ0) is 17.0. The van der Waals surface area contributed by atoms with Gasteiger partial charge in [-0.3, -0.25) is 9.69 Å². The van der Waals surface area contributed by atoms with Gasteiger partial charge in [0, 0.05) is 11.4 Å². The second-order valence-corrected chi connectivity index (χ2v) is 9.16. The molecular formula is C16H23BrN2O3S. The molecule has 1 fully saturated rings. The molecule has 5 nitrogen and oxygen atoms in total. The third kappa shape index (κ3) is 5.49. The molecule has 0 radical (unpaired) electrons. The van der Waals surface area contributed by atoms with E-state index in [1.807, 2.05) is 32.9 Å².